The Morgan fingerprint density at radius 3 is 2.12 bits per heavy atom. The molecule has 0 unspecified atom stereocenters. The Labute approximate surface area is 96.0 Å². The predicted molar refractivity (Wildman–Crippen MR) is 61.0 cm³/mol. The molecule has 1 N–H and O–H groups in total. The van der Waals surface area contributed by atoms with Crippen LogP contribution in [-0.4, -0.2) is 24.7 Å². The van der Waals surface area contributed by atoms with E-state index in [2.05, 4.69) is 6.58 Å². The van der Waals surface area contributed by atoms with E-state index in [1.165, 1.54) is 12.1 Å². The van der Waals surface area contributed by atoms with Gasteiger partial charge < -0.3 is 9.66 Å². The van der Waals surface area contributed by atoms with Crippen LogP contribution in [0, 0.1) is 6.92 Å². The fraction of sp³-hybridized carbons (Fsp3) is 0.273. The van der Waals surface area contributed by atoms with Crippen molar-refractivity contribution in [2.45, 2.75) is 18.2 Å². The summed E-state index contributed by atoms with van der Waals surface area (Å²) in [5.74, 6) is 0. The molecular formula is C11H15O4S-. The van der Waals surface area contributed by atoms with E-state index < -0.39 is 10.1 Å². The minimum Gasteiger partial charge on any atom is -0.744 e. The molecule has 0 aromatic heterocycles. The van der Waals surface area contributed by atoms with E-state index in [1.54, 1.807) is 18.2 Å². The van der Waals surface area contributed by atoms with Gasteiger partial charge >= 0.3 is 0 Å². The SMILES string of the molecule is C=CCCO.Cc1ccc(S(=O)(=O)[O-])cc1. The Morgan fingerprint density at radius 2 is 1.88 bits per heavy atom. The molecule has 0 aliphatic carbocycles. The summed E-state index contributed by atoms with van der Waals surface area (Å²) in [5.41, 5.74) is 0.928. The number of rotatable bonds is 3. The third kappa shape index (κ3) is 6.34. The van der Waals surface area contributed by atoms with Gasteiger partial charge in [0.2, 0.25) is 0 Å². The van der Waals surface area contributed by atoms with Crippen molar-refractivity contribution in [1.29, 1.82) is 0 Å². The van der Waals surface area contributed by atoms with Gasteiger partial charge in [0, 0.05) is 6.61 Å². The van der Waals surface area contributed by atoms with Crippen LogP contribution in [0.1, 0.15) is 12.0 Å². The molecule has 1 rings (SSSR count). The molecule has 16 heavy (non-hydrogen) atoms. The van der Waals surface area contributed by atoms with E-state index in [1.807, 2.05) is 6.92 Å². The molecule has 0 saturated heterocycles. The van der Waals surface area contributed by atoms with Crippen molar-refractivity contribution in [1.82, 2.24) is 0 Å². The summed E-state index contributed by atoms with van der Waals surface area (Å²) in [6, 6.07) is 5.78. The van der Waals surface area contributed by atoms with E-state index in [9.17, 15) is 13.0 Å². The molecule has 0 fully saturated rings. The van der Waals surface area contributed by atoms with Crippen molar-refractivity contribution in [3.8, 4) is 0 Å². The lowest BCUT2D eigenvalue weighted by atomic mass is 10.2. The Kier molecular flexibility index (Phi) is 6.64. The van der Waals surface area contributed by atoms with Gasteiger partial charge in [-0.25, -0.2) is 8.42 Å². The van der Waals surface area contributed by atoms with Crippen molar-refractivity contribution in [2.75, 3.05) is 6.61 Å². The molecule has 0 radical (unpaired) electrons. The minimum absolute atomic E-state index is 0.178. The highest BCUT2D eigenvalue weighted by atomic mass is 32.2. The number of aliphatic hydroxyl groups is 1. The summed E-state index contributed by atoms with van der Waals surface area (Å²) in [6.07, 6.45) is 2.39. The second-order valence-electron chi connectivity index (χ2n) is 3.07. The van der Waals surface area contributed by atoms with Crippen molar-refractivity contribution in [3.05, 3.63) is 42.5 Å². The zero-order valence-electron chi connectivity index (χ0n) is 9.09. The summed E-state index contributed by atoms with van der Waals surface area (Å²) in [5, 5.41) is 8.00. The van der Waals surface area contributed by atoms with Crippen LogP contribution in [0.25, 0.3) is 0 Å². The van der Waals surface area contributed by atoms with Gasteiger partial charge in [-0.3, -0.25) is 0 Å². The van der Waals surface area contributed by atoms with E-state index in [4.69, 9.17) is 5.11 Å². The maximum Gasteiger partial charge on any atom is 0.124 e. The first-order valence-corrected chi connectivity index (χ1v) is 6.07. The molecule has 1 aromatic carbocycles. The van der Waals surface area contributed by atoms with E-state index >= 15 is 0 Å². The fourth-order valence-electron chi connectivity index (χ4n) is 0.796. The smallest absolute Gasteiger partial charge is 0.124 e. The lowest BCUT2D eigenvalue weighted by molar-refractivity contribution is 0.303. The molecule has 4 nitrogen and oxygen atoms in total. The predicted octanol–water partition coefficient (Wildman–Crippen LogP) is 1.45. The van der Waals surface area contributed by atoms with Crippen LogP contribution in [0.15, 0.2) is 41.8 Å². The molecule has 0 saturated carbocycles. The summed E-state index contributed by atoms with van der Waals surface area (Å²) >= 11 is 0. The second-order valence-corrected chi connectivity index (χ2v) is 4.45. The van der Waals surface area contributed by atoms with Crippen molar-refractivity contribution < 1.29 is 18.1 Å². The average Bonchev–Trinajstić information content (AvgIpc) is 2.19. The molecule has 0 atom stereocenters. The van der Waals surface area contributed by atoms with Crippen LogP contribution in [-0.2, 0) is 10.1 Å². The first-order valence-electron chi connectivity index (χ1n) is 4.66. The van der Waals surface area contributed by atoms with Crippen LogP contribution >= 0.6 is 0 Å². The van der Waals surface area contributed by atoms with Crippen molar-refractivity contribution in [3.63, 3.8) is 0 Å². The Balaban J connectivity index is 0.000000385. The zero-order valence-corrected chi connectivity index (χ0v) is 9.90. The minimum atomic E-state index is -4.27. The van der Waals surface area contributed by atoms with Crippen LogP contribution < -0.4 is 0 Å². The van der Waals surface area contributed by atoms with E-state index in [-0.39, 0.29) is 11.5 Å². The Morgan fingerprint density at radius 1 is 1.38 bits per heavy atom. The number of hydrogen-bond acceptors (Lipinski definition) is 4. The van der Waals surface area contributed by atoms with Gasteiger partial charge in [0.05, 0.1) is 4.90 Å². The van der Waals surface area contributed by atoms with Crippen LogP contribution in [0.3, 0.4) is 0 Å². The summed E-state index contributed by atoms with van der Waals surface area (Å²) in [6.45, 7) is 5.44. The Bertz CT molecular complexity index is 406. The van der Waals surface area contributed by atoms with Gasteiger partial charge in [0.25, 0.3) is 0 Å². The lowest BCUT2D eigenvalue weighted by Gasteiger charge is -2.05. The first kappa shape index (κ1) is 14.8. The third-order valence-corrected chi connectivity index (χ3v) is 2.49. The second kappa shape index (κ2) is 7.16. The van der Waals surface area contributed by atoms with Crippen molar-refractivity contribution in [2.24, 2.45) is 0 Å². The topological polar surface area (TPSA) is 77.4 Å². The lowest BCUT2D eigenvalue weighted by Crippen LogP contribution is -1.97. The van der Waals surface area contributed by atoms with Gasteiger partial charge in [-0.05, 0) is 25.5 Å². The van der Waals surface area contributed by atoms with Gasteiger partial charge in [-0.2, -0.15) is 0 Å². The van der Waals surface area contributed by atoms with Gasteiger partial charge in [0.15, 0.2) is 0 Å². The quantitative estimate of drug-likeness (QED) is 0.644. The normalized spacial score (nSPS) is 10.2. The molecule has 90 valence electrons. The number of hydrogen-bond donors (Lipinski definition) is 1. The highest BCUT2D eigenvalue weighted by Crippen LogP contribution is 2.08. The summed E-state index contributed by atoms with van der Waals surface area (Å²) < 4.78 is 31.2. The van der Waals surface area contributed by atoms with Crippen LogP contribution in [0.4, 0.5) is 0 Å². The standard InChI is InChI=1S/C7H8O3S.C4H8O/c1-6-2-4-7(5-3-6)11(8,9)10;1-2-3-4-5/h2-5H,1H3,(H,8,9,10);2,5H,1,3-4H2/p-1. The molecule has 5 heteroatoms. The highest BCUT2D eigenvalue weighted by molar-refractivity contribution is 7.85. The fourth-order valence-corrected chi connectivity index (χ4v) is 1.27. The maximum atomic E-state index is 10.4. The molecule has 0 bridgehead atoms. The Hall–Kier alpha value is -1.17. The molecule has 0 spiro atoms. The molecule has 0 aliphatic rings. The molecule has 0 heterocycles. The maximum absolute atomic E-state index is 10.4. The third-order valence-electron chi connectivity index (χ3n) is 1.64. The van der Waals surface area contributed by atoms with Crippen LogP contribution in [0.2, 0.25) is 0 Å². The van der Waals surface area contributed by atoms with Gasteiger partial charge in [0.1, 0.15) is 10.1 Å². The number of aryl methyl sites for hydroxylation is 1. The monoisotopic (exact) mass is 243 g/mol. The zero-order chi connectivity index (χ0) is 12.6. The van der Waals surface area contributed by atoms with Crippen LogP contribution in [0.5, 0.6) is 0 Å². The molecule has 0 aliphatic heterocycles. The van der Waals surface area contributed by atoms with E-state index in [0.29, 0.717) is 6.42 Å². The average molecular weight is 243 g/mol. The summed E-state index contributed by atoms with van der Waals surface area (Å²) in [4.78, 5) is -0.178. The van der Waals surface area contributed by atoms with Gasteiger partial charge in [-0.15, -0.1) is 6.58 Å². The molecule has 0 amide bonds. The van der Waals surface area contributed by atoms with Gasteiger partial charge in [-0.1, -0.05) is 23.8 Å². The number of aliphatic hydroxyl groups excluding tert-OH is 1. The van der Waals surface area contributed by atoms with Crippen molar-refractivity contribution >= 4 is 10.1 Å². The largest absolute Gasteiger partial charge is 0.744 e. The van der Waals surface area contributed by atoms with E-state index in [0.717, 1.165) is 5.56 Å². The molecular weight excluding hydrogens is 228 g/mol. The first-order chi connectivity index (χ1) is 7.41. The highest BCUT2D eigenvalue weighted by Gasteiger charge is 1.97. The summed E-state index contributed by atoms with van der Waals surface area (Å²) in [7, 11) is -4.27. The number of benzene rings is 1. The molecule has 1 aromatic rings.